The van der Waals surface area contributed by atoms with E-state index in [1.165, 1.54) is 31.4 Å². The van der Waals surface area contributed by atoms with Crippen molar-refractivity contribution in [2.45, 2.75) is 37.1 Å². The van der Waals surface area contributed by atoms with Crippen LogP contribution in [-0.4, -0.2) is 87.0 Å². The topological polar surface area (TPSA) is 223 Å². The van der Waals surface area contributed by atoms with E-state index < -0.39 is 66.9 Å². The summed E-state index contributed by atoms with van der Waals surface area (Å²) in [7, 11) is 1.37. The molecular formula is C25H24O14. The van der Waals surface area contributed by atoms with Crippen LogP contribution in [0.2, 0.25) is 0 Å². The molecular weight excluding hydrogens is 524 g/mol. The average Bonchev–Trinajstić information content (AvgIpc) is 2.87. The van der Waals surface area contributed by atoms with Crippen LogP contribution in [0.25, 0.3) is 22.3 Å². The first-order valence-corrected chi connectivity index (χ1v) is 11.4. The third kappa shape index (κ3) is 5.88. The third-order valence-corrected chi connectivity index (χ3v) is 5.87. The number of methoxy groups -OCH3 is 1. The maximum Gasteiger partial charge on any atom is 0.317 e. The summed E-state index contributed by atoms with van der Waals surface area (Å²) in [5.41, 5.74) is -0.421. The Balaban J connectivity index is 1.60. The van der Waals surface area contributed by atoms with Gasteiger partial charge in [-0.1, -0.05) is 0 Å². The van der Waals surface area contributed by atoms with Crippen LogP contribution in [0.4, 0.5) is 0 Å². The molecule has 14 nitrogen and oxygen atoms in total. The van der Waals surface area contributed by atoms with Crippen molar-refractivity contribution in [3.63, 3.8) is 0 Å². The van der Waals surface area contributed by atoms with E-state index in [1.807, 2.05) is 0 Å². The van der Waals surface area contributed by atoms with Gasteiger partial charge in [-0.15, -0.1) is 0 Å². The van der Waals surface area contributed by atoms with Crippen molar-refractivity contribution < 1.29 is 63.6 Å². The Hall–Kier alpha value is -4.37. The highest BCUT2D eigenvalue weighted by Crippen LogP contribution is 2.35. The fourth-order valence-corrected chi connectivity index (χ4v) is 3.93. The van der Waals surface area contributed by atoms with E-state index in [2.05, 4.69) is 0 Å². The summed E-state index contributed by atoms with van der Waals surface area (Å²) in [5, 5.41) is 59.8. The SMILES string of the molecule is COc1ccc(-c2cc(=O)c3c(O)cc(O[C@@H]4OC(COC(=O)CC(=O)O)[C@@H](O)[C@H](O)C4O)cc3o2)cc1O. The number of hydrogen-bond donors (Lipinski definition) is 6. The Morgan fingerprint density at radius 1 is 0.974 bits per heavy atom. The second-order valence-electron chi connectivity index (χ2n) is 8.56. The molecule has 2 heterocycles. The van der Waals surface area contributed by atoms with E-state index in [0.717, 1.165) is 12.1 Å². The van der Waals surface area contributed by atoms with E-state index in [9.17, 15) is 39.9 Å². The molecule has 6 N–H and O–H groups in total. The first kappa shape index (κ1) is 27.7. The van der Waals surface area contributed by atoms with Crippen molar-refractivity contribution >= 4 is 22.9 Å². The van der Waals surface area contributed by atoms with Crippen molar-refractivity contribution in [2.24, 2.45) is 0 Å². The lowest BCUT2D eigenvalue weighted by Gasteiger charge is -2.39. The van der Waals surface area contributed by atoms with Crippen LogP contribution in [0.5, 0.6) is 23.0 Å². The van der Waals surface area contributed by atoms with E-state index >= 15 is 0 Å². The van der Waals surface area contributed by atoms with Gasteiger partial charge in [0.05, 0.1) is 7.11 Å². The minimum absolute atomic E-state index is 0.0396. The summed E-state index contributed by atoms with van der Waals surface area (Å²) < 4.78 is 26.5. The standard InChI is InChI=1S/C25H24O14/c1-35-15-3-2-10(4-12(15)26)16-7-14(28)21-13(27)5-11(6-17(21)38-16)37-25-24(34)23(33)22(32)18(39-25)9-36-20(31)8-19(29)30/h2-7,18,22-27,32-34H,8-9H2,1H3,(H,29,30)/t18?,22-,23+,24?,25-/m1/s1. The number of phenols is 2. The van der Waals surface area contributed by atoms with Crippen LogP contribution < -0.4 is 14.9 Å². The maximum absolute atomic E-state index is 12.7. The van der Waals surface area contributed by atoms with E-state index in [-0.39, 0.29) is 34.0 Å². The summed E-state index contributed by atoms with van der Waals surface area (Å²) in [5.74, 6) is -3.23. The number of rotatable bonds is 8. The van der Waals surface area contributed by atoms with Gasteiger partial charge in [0.15, 0.2) is 16.9 Å². The number of aliphatic hydroxyl groups excluding tert-OH is 3. The molecule has 0 bridgehead atoms. The summed E-state index contributed by atoms with van der Waals surface area (Å²) >= 11 is 0. The lowest BCUT2D eigenvalue weighted by Crippen LogP contribution is -2.60. The largest absolute Gasteiger partial charge is 0.507 e. The number of aliphatic hydroxyl groups is 3. The van der Waals surface area contributed by atoms with Crippen LogP contribution in [0.1, 0.15) is 6.42 Å². The molecule has 1 aliphatic heterocycles. The second kappa shape index (κ2) is 11.2. The van der Waals surface area contributed by atoms with Gasteiger partial charge in [-0.25, -0.2) is 0 Å². The first-order valence-electron chi connectivity index (χ1n) is 11.4. The number of carbonyl (C=O) groups excluding carboxylic acids is 1. The molecule has 1 aromatic heterocycles. The number of carboxylic acid groups (broad SMARTS) is 1. The molecule has 0 saturated carbocycles. The molecule has 14 heteroatoms. The highest BCUT2D eigenvalue weighted by Gasteiger charge is 2.45. The summed E-state index contributed by atoms with van der Waals surface area (Å²) in [4.78, 5) is 34.9. The minimum Gasteiger partial charge on any atom is -0.507 e. The molecule has 39 heavy (non-hydrogen) atoms. The first-order chi connectivity index (χ1) is 18.5. The van der Waals surface area contributed by atoms with Gasteiger partial charge in [-0.3, -0.25) is 14.4 Å². The van der Waals surface area contributed by atoms with E-state index in [4.69, 9.17) is 28.5 Å². The number of aliphatic carboxylic acids is 1. The molecule has 0 spiro atoms. The number of benzene rings is 2. The van der Waals surface area contributed by atoms with Crippen molar-refractivity contribution in [3.05, 3.63) is 46.6 Å². The quantitative estimate of drug-likeness (QED) is 0.162. The predicted octanol–water partition coefficient (Wildman–Crippen LogP) is 0.0841. The Bertz CT molecular complexity index is 1450. The lowest BCUT2D eigenvalue weighted by molar-refractivity contribution is -0.278. The van der Waals surface area contributed by atoms with Gasteiger partial charge in [-0.2, -0.15) is 0 Å². The maximum atomic E-state index is 12.7. The molecule has 1 saturated heterocycles. The Kier molecular flexibility index (Phi) is 7.92. The number of phenolic OH excluding ortho intramolecular Hbond substituents is 2. The number of fused-ring (bicyclic) bond motifs is 1. The second-order valence-corrected chi connectivity index (χ2v) is 8.56. The molecule has 0 amide bonds. The van der Waals surface area contributed by atoms with Crippen LogP contribution in [0, 0.1) is 0 Å². The number of hydrogen-bond acceptors (Lipinski definition) is 13. The molecule has 5 atom stereocenters. The molecule has 208 valence electrons. The van der Waals surface area contributed by atoms with Gasteiger partial charge in [0.1, 0.15) is 65.7 Å². The van der Waals surface area contributed by atoms with Gasteiger partial charge >= 0.3 is 11.9 Å². The summed E-state index contributed by atoms with van der Waals surface area (Å²) in [6.45, 7) is -0.660. The van der Waals surface area contributed by atoms with Crippen molar-refractivity contribution in [1.29, 1.82) is 0 Å². The number of aromatic hydroxyl groups is 2. The van der Waals surface area contributed by atoms with E-state index in [0.29, 0.717) is 5.56 Å². The highest BCUT2D eigenvalue weighted by molar-refractivity contribution is 5.90. The molecule has 3 aromatic rings. The van der Waals surface area contributed by atoms with Crippen molar-refractivity contribution in [1.82, 2.24) is 0 Å². The zero-order valence-corrected chi connectivity index (χ0v) is 20.2. The predicted molar refractivity (Wildman–Crippen MR) is 128 cm³/mol. The fraction of sp³-hybridized carbons (Fsp3) is 0.320. The number of ether oxygens (including phenoxy) is 4. The summed E-state index contributed by atoms with van der Waals surface area (Å²) in [6.07, 6.45) is -9.33. The van der Waals surface area contributed by atoms with Gasteiger partial charge < -0.3 is 54.0 Å². The molecule has 0 radical (unpaired) electrons. The molecule has 0 aliphatic carbocycles. The zero-order chi connectivity index (χ0) is 28.4. The number of carboxylic acids is 1. The van der Waals surface area contributed by atoms with Crippen LogP contribution in [-0.2, 0) is 19.1 Å². The zero-order valence-electron chi connectivity index (χ0n) is 20.2. The van der Waals surface area contributed by atoms with Gasteiger partial charge in [-0.05, 0) is 18.2 Å². The Morgan fingerprint density at radius 3 is 2.38 bits per heavy atom. The van der Waals surface area contributed by atoms with Crippen LogP contribution in [0.15, 0.2) is 45.6 Å². The number of carbonyl (C=O) groups is 2. The molecule has 1 fully saturated rings. The highest BCUT2D eigenvalue weighted by atomic mass is 16.7. The summed E-state index contributed by atoms with van der Waals surface area (Å²) in [6, 6.07) is 7.66. The van der Waals surface area contributed by atoms with E-state index in [1.54, 1.807) is 0 Å². The Morgan fingerprint density at radius 2 is 1.72 bits per heavy atom. The van der Waals surface area contributed by atoms with Crippen molar-refractivity contribution in [3.8, 4) is 34.3 Å². The molecule has 1 aliphatic rings. The number of esters is 1. The fourth-order valence-electron chi connectivity index (χ4n) is 3.93. The third-order valence-electron chi connectivity index (χ3n) is 5.87. The van der Waals surface area contributed by atoms with Crippen LogP contribution in [0.3, 0.4) is 0 Å². The van der Waals surface area contributed by atoms with Gasteiger partial charge in [0.2, 0.25) is 6.29 Å². The smallest absolute Gasteiger partial charge is 0.317 e. The minimum atomic E-state index is -1.81. The molecule has 4 rings (SSSR count). The van der Waals surface area contributed by atoms with Crippen LogP contribution >= 0.6 is 0 Å². The van der Waals surface area contributed by atoms with Crippen molar-refractivity contribution in [2.75, 3.05) is 13.7 Å². The lowest BCUT2D eigenvalue weighted by atomic mass is 9.99. The molecule has 2 aromatic carbocycles. The molecule has 2 unspecified atom stereocenters. The Labute approximate surface area is 218 Å². The monoisotopic (exact) mass is 548 g/mol. The van der Waals surface area contributed by atoms with Gasteiger partial charge in [0, 0.05) is 23.8 Å². The van der Waals surface area contributed by atoms with Gasteiger partial charge in [0.25, 0.3) is 0 Å². The average molecular weight is 548 g/mol. The normalized spacial score (nSPS) is 22.8.